The first-order valence-corrected chi connectivity index (χ1v) is 11.1. The molecule has 1 atom stereocenters. The number of aryl methyl sites for hydroxylation is 3. The lowest BCUT2D eigenvalue weighted by Crippen LogP contribution is -2.30. The van der Waals surface area contributed by atoms with Crippen molar-refractivity contribution in [3.8, 4) is 5.75 Å². The van der Waals surface area contributed by atoms with Gasteiger partial charge in [-0.2, -0.15) is 4.98 Å². The minimum absolute atomic E-state index is 0.170. The fraction of sp³-hybridized carbons (Fsp3) is 0.250. The van der Waals surface area contributed by atoms with E-state index < -0.39 is 0 Å². The third-order valence-electron chi connectivity index (χ3n) is 4.89. The van der Waals surface area contributed by atoms with Gasteiger partial charge in [-0.05, 0) is 74.7 Å². The summed E-state index contributed by atoms with van der Waals surface area (Å²) in [5.41, 5.74) is 4.16. The van der Waals surface area contributed by atoms with Gasteiger partial charge in [-0.15, -0.1) is 0 Å². The second-order valence-electron chi connectivity index (χ2n) is 7.62. The van der Waals surface area contributed by atoms with Gasteiger partial charge in [0.15, 0.2) is 11.0 Å². The smallest absolute Gasteiger partial charge is 0.283 e. The van der Waals surface area contributed by atoms with Crippen molar-refractivity contribution in [1.82, 2.24) is 10.1 Å². The van der Waals surface area contributed by atoms with E-state index in [1.165, 1.54) is 11.8 Å². The van der Waals surface area contributed by atoms with Crippen LogP contribution in [-0.4, -0.2) is 28.3 Å². The number of thioether (sulfide) groups is 1. The van der Waals surface area contributed by atoms with E-state index in [4.69, 9.17) is 14.3 Å². The van der Waals surface area contributed by atoms with Crippen LogP contribution in [0.5, 0.6) is 5.75 Å². The van der Waals surface area contributed by atoms with Crippen molar-refractivity contribution in [1.29, 1.82) is 0 Å². The molecule has 7 nitrogen and oxygen atoms in total. The van der Waals surface area contributed by atoms with Crippen molar-refractivity contribution in [3.05, 3.63) is 76.6 Å². The van der Waals surface area contributed by atoms with Gasteiger partial charge in [-0.1, -0.05) is 35.1 Å². The number of hydrogen-bond acceptors (Lipinski definition) is 7. The fourth-order valence-electron chi connectivity index (χ4n) is 3.43. The zero-order valence-corrected chi connectivity index (χ0v) is 19.4. The molecule has 1 aliphatic rings. The molecule has 0 aliphatic carbocycles. The van der Waals surface area contributed by atoms with E-state index in [2.05, 4.69) is 16.2 Å². The monoisotopic (exact) mass is 448 g/mol. The van der Waals surface area contributed by atoms with Crippen molar-refractivity contribution >= 4 is 34.6 Å². The Kier molecular flexibility index (Phi) is 6.14. The molecule has 1 amide bonds. The van der Waals surface area contributed by atoms with Gasteiger partial charge in [0.2, 0.25) is 5.89 Å². The Bertz CT molecular complexity index is 1190. The van der Waals surface area contributed by atoms with Gasteiger partial charge in [0.05, 0.1) is 18.0 Å². The highest BCUT2D eigenvalue weighted by Gasteiger charge is 2.34. The van der Waals surface area contributed by atoms with Crippen LogP contribution < -0.4 is 9.64 Å². The lowest BCUT2D eigenvalue weighted by Gasteiger charge is -2.20. The van der Waals surface area contributed by atoms with Crippen LogP contribution in [0.3, 0.4) is 0 Å². The quantitative estimate of drug-likeness (QED) is 0.497. The number of hydrogen-bond donors (Lipinski definition) is 0. The SMILES string of the molecule is COc1ccc(/C=C2\N=C(SC(C)c3nc(C)no3)N(c3cc(C)cc(C)c3)C2=O)cc1. The van der Waals surface area contributed by atoms with Crippen LogP contribution >= 0.6 is 11.8 Å². The molecular formula is C24H24N4O3S. The molecule has 2 heterocycles. The first kappa shape index (κ1) is 21.8. The number of anilines is 1. The van der Waals surface area contributed by atoms with Gasteiger partial charge in [-0.3, -0.25) is 9.69 Å². The highest BCUT2D eigenvalue weighted by Crippen LogP contribution is 2.36. The zero-order chi connectivity index (χ0) is 22.8. The molecule has 1 aliphatic heterocycles. The lowest BCUT2D eigenvalue weighted by molar-refractivity contribution is -0.113. The minimum Gasteiger partial charge on any atom is -0.497 e. The Morgan fingerprint density at radius 1 is 1.09 bits per heavy atom. The van der Waals surface area contributed by atoms with E-state index in [1.54, 1.807) is 25.0 Å². The van der Waals surface area contributed by atoms with Gasteiger partial charge >= 0.3 is 0 Å². The number of amidine groups is 1. The minimum atomic E-state index is -0.178. The molecule has 1 unspecified atom stereocenters. The number of nitrogens with zero attached hydrogens (tertiary/aromatic N) is 4. The van der Waals surface area contributed by atoms with Crippen LogP contribution in [-0.2, 0) is 4.79 Å². The molecule has 164 valence electrons. The molecule has 32 heavy (non-hydrogen) atoms. The maximum Gasteiger partial charge on any atom is 0.283 e. The van der Waals surface area contributed by atoms with Crippen molar-refractivity contribution in [2.75, 3.05) is 12.0 Å². The maximum absolute atomic E-state index is 13.4. The van der Waals surface area contributed by atoms with Crippen molar-refractivity contribution in [2.24, 2.45) is 4.99 Å². The first-order chi connectivity index (χ1) is 15.3. The van der Waals surface area contributed by atoms with E-state index in [0.717, 1.165) is 28.1 Å². The van der Waals surface area contributed by atoms with Crippen LogP contribution in [0.25, 0.3) is 6.08 Å². The third-order valence-corrected chi connectivity index (χ3v) is 5.93. The summed E-state index contributed by atoms with van der Waals surface area (Å²) in [7, 11) is 1.62. The predicted octanol–water partition coefficient (Wildman–Crippen LogP) is 5.24. The molecule has 8 heteroatoms. The summed E-state index contributed by atoms with van der Waals surface area (Å²) < 4.78 is 10.5. The van der Waals surface area contributed by atoms with Gasteiger partial charge in [0.25, 0.3) is 5.91 Å². The number of rotatable bonds is 5. The van der Waals surface area contributed by atoms with Gasteiger partial charge < -0.3 is 9.26 Å². The number of carbonyl (C=O) groups excluding carboxylic acids is 1. The van der Waals surface area contributed by atoms with Crippen LogP contribution in [0.2, 0.25) is 0 Å². The largest absolute Gasteiger partial charge is 0.497 e. The molecule has 3 aromatic rings. The highest BCUT2D eigenvalue weighted by molar-refractivity contribution is 8.14. The highest BCUT2D eigenvalue weighted by atomic mass is 32.2. The van der Waals surface area contributed by atoms with Gasteiger partial charge in [0.1, 0.15) is 11.4 Å². The molecule has 0 bridgehead atoms. The molecule has 1 aromatic heterocycles. The maximum atomic E-state index is 13.4. The second kappa shape index (κ2) is 9.00. The van der Waals surface area contributed by atoms with Gasteiger partial charge in [0, 0.05) is 0 Å². The summed E-state index contributed by atoms with van der Waals surface area (Å²) in [5.74, 6) is 1.64. The Labute approximate surface area is 191 Å². The van der Waals surface area contributed by atoms with Gasteiger partial charge in [-0.25, -0.2) is 4.99 Å². The zero-order valence-electron chi connectivity index (χ0n) is 18.6. The third kappa shape index (κ3) is 4.60. The van der Waals surface area contributed by atoms with E-state index in [0.29, 0.717) is 22.6 Å². The average molecular weight is 449 g/mol. The normalized spacial score (nSPS) is 15.9. The second-order valence-corrected chi connectivity index (χ2v) is 8.93. The standard InChI is InChI=1S/C24H24N4O3S/c1-14-10-15(2)12-19(11-14)28-23(29)21(13-18-6-8-20(30-5)9-7-18)26-24(28)32-16(3)22-25-17(4)27-31-22/h6-13,16H,1-5H3/b21-13-. The number of aromatic nitrogens is 2. The number of benzene rings is 2. The Morgan fingerprint density at radius 3 is 2.38 bits per heavy atom. The van der Waals surface area contributed by atoms with E-state index in [9.17, 15) is 4.79 Å². The molecule has 0 N–H and O–H groups in total. The summed E-state index contributed by atoms with van der Waals surface area (Å²) in [5, 5.41) is 4.27. The number of carbonyl (C=O) groups is 1. The van der Waals surface area contributed by atoms with Crippen molar-refractivity contribution in [3.63, 3.8) is 0 Å². The van der Waals surface area contributed by atoms with E-state index >= 15 is 0 Å². The lowest BCUT2D eigenvalue weighted by atomic mass is 10.1. The fourth-order valence-corrected chi connectivity index (χ4v) is 4.39. The summed E-state index contributed by atoms with van der Waals surface area (Å²) in [6.45, 7) is 7.76. The number of amides is 1. The van der Waals surface area contributed by atoms with E-state index in [1.807, 2.05) is 57.2 Å². The van der Waals surface area contributed by atoms with Crippen LogP contribution in [0.15, 0.2) is 57.7 Å². The topological polar surface area (TPSA) is 80.8 Å². The molecular weight excluding hydrogens is 424 g/mol. The van der Waals surface area contributed by atoms with Crippen molar-refractivity contribution < 1.29 is 14.1 Å². The summed E-state index contributed by atoms with van der Waals surface area (Å²) in [6.07, 6.45) is 1.78. The average Bonchev–Trinajstić information content (AvgIpc) is 3.31. The number of methoxy groups -OCH3 is 1. The first-order valence-electron chi connectivity index (χ1n) is 10.2. The number of ether oxygens (including phenoxy) is 1. The number of aliphatic imine (C=N–C) groups is 1. The van der Waals surface area contributed by atoms with Crippen LogP contribution in [0.4, 0.5) is 5.69 Å². The molecule has 0 fully saturated rings. The summed E-state index contributed by atoms with van der Waals surface area (Å²) in [6, 6.07) is 13.5. The Hall–Kier alpha value is -3.39. The molecule has 0 radical (unpaired) electrons. The summed E-state index contributed by atoms with van der Waals surface area (Å²) in [4.78, 5) is 24.1. The molecule has 0 spiro atoms. The van der Waals surface area contributed by atoms with Crippen LogP contribution in [0, 0.1) is 20.8 Å². The molecule has 2 aromatic carbocycles. The van der Waals surface area contributed by atoms with Crippen molar-refractivity contribution in [2.45, 2.75) is 32.9 Å². The Balaban J connectivity index is 1.72. The molecule has 4 rings (SSSR count). The Morgan fingerprint density at radius 2 is 1.78 bits per heavy atom. The molecule has 0 saturated carbocycles. The van der Waals surface area contributed by atoms with Crippen LogP contribution in [0.1, 0.15) is 40.6 Å². The summed E-state index contributed by atoms with van der Waals surface area (Å²) >= 11 is 1.41. The predicted molar refractivity (Wildman–Crippen MR) is 127 cm³/mol. The van der Waals surface area contributed by atoms with E-state index in [-0.39, 0.29) is 11.2 Å². The molecule has 0 saturated heterocycles.